The molecule has 1 rings (SSSR count). The third kappa shape index (κ3) is 3.69. The number of sulfonamides is 1. The molecule has 1 aromatic carbocycles. The molecule has 0 unspecified atom stereocenters. The van der Waals surface area contributed by atoms with Crippen LogP contribution >= 0.6 is 11.6 Å². The normalized spacial score (nSPS) is 12.9. The Morgan fingerprint density at radius 2 is 1.79 bits per heavy atom. The fourth-order valence-corrected chi connectivity index (χ4v) is 3.24. The summed E-state index contributed by atoms with van der Waals surface area (Å²) in [4.78, 5) is 0.217. The molecule has 6 heteroatoms. The van der Waals surface area contributed by atoms with Gasteiger partial charge >= 0.3 is 0 Å². The average molecular weight is 306 g/mol. The molecule has 0 amide bonds. The van der Waals surface area contributed by atoms with Crippen LogP contribution < -0.4 is 0 Å². The van der Waals surface area contributed by atoms with Crippen LogP contribution in [-0.2, 0) is 16.4 Å². The van der Waals surface area contributed by atoms with E-state index in [-0.39, 0.29) is 11.5 Å². The van der Waals surface area contributed by atoms with Crippen molar-refractivity contribution in [2.75, 3.05) is 19.5 Å². The van der Waals surface area contributed by atoms with E-state index in [1.165, 1.54) is 11.4 Å². The second kappa shape index (κ2) is 6.22. The summed E-state index contributed by atoms with van der Waals surface area (Å²) in [5, 5.41) is 9.27. The molecule has 4 nitrogen and oxygen atoms in total. The summed E-state index contributed by atoms with van der Waals surface area (Å²) in [5.74, 6) is 0.504. The molecule has 0 aliphatic heterocycles. The number of likely N-dealkylation sites (N-methyl/N-ethyl adjacent to an activating group) is 1. The molecule has 19 heavy (non-hydrogen) atoms. The van der Waals surface area contributed by atoms with Crippen molar-refractivity contribution in [2.24, 2.45) is 0 Å². The number of aliphatic hydroxyl groups excluding tert-OH is 1. The molecule has 0 aliphatic rings. The first-order valence-electron chi connectivity index (χ1n) is 6.00. The number of benzene rings is 1. The second-order valence-corrected chi connectivity index (χ2v) is 7.37. The highest BCUT2D eigenvalue weighted by molar-refractivity contribution is 7.89. The molecule has 108 valence electrons. The van der Waals surface area contributed by atoms with Crippen LogP contribution in [0, 0.1) is 0 Å². The quantitative estimate of drug-likeness (QED) is 0.816. The number of rotatable bonds is 6. The van der Waals surface area contributed by atoms with Crippen LogP contribution in [0.15, 0.2) is 29.2 Å². The number of halogens is 1. The van der Waals surface area contributed by atoms with Crippen molar-refractivity contribution in [1.29, 1.82) is 0 Å². The van der Waals surface area contributed by atoms with Gasteiger partial charge in [-0.1, -0.05) is 12.1 Å². The van der Waals surface area contributed by atoms with Gasteiger partial charge in [-0.15, -0.1) is 11.6 Å². The molecule has 0 fully saturated rings. The molecule has 0 aliphatic carbocycles. The summed E-state index contributed by atoms with van der Waals surface area (Å²) >= 11 is 5.64. The Hall–Kier alpha value is -0.620. The predicted molar refractivity (Wildman–Crippen MR) is 77.0 cm³/mol. The smallest absolute Gasteiger partial charge is 0.243 e. The molecule has 1 aromatic rings. The molecule has 1 N–H and O–H groups in total. The fourth-order valence-electron chi connectivity index (χ4n) is 1.52. The lowest BCUT2D eigenvalue weighted by Crippen LogP contribution is -2.47. The maximum atomic E-state index is 12.4. The zero-order chi connectivity index (χ0) is 14.7. The van der Waals surface area contributed by atoms with Crippen LogP contribution in [0.3, 0.4) is 0 Å². The Bertz CT molecular complexity index is 511. The first-order chi connectivity index (χ1) is 8.75. The Balaban J connectivity index is 3.07. The summed E-state index contributed by atoms with van der Waals surface area (Å²) in [6.07, 6.45) is 0.708. The Labute approximate surface area is 120 Å². The average Bonchev–Trinajstić information content (AvgIpc) is 2.39. The van der Waals surface area contributed by atoms with E-state index in [0.717, 1.165) is 5.56 Å². The monoisotopic (exact) mass is 305 g/mol. The van der Waals surface area contributed by atoms with Gasteiger partial charge in [0.1, 0.15) is 0 Å². The van der Waals surface area contributed by atoms with Crippen LogP contribution in [0.2, 0.25) is 0 Å². The van der Waals surface area contributed by atoms with Crippen molar-refractivity contribution in [3.05, 3.63) is 29.8 Å². The highest BCUT2D eigenvalue weighted by atomic mass is 35.5. The molecule has 0 atom stereocenters. The topological polar surface area (TPSA) is 57.6 Å². The van der Waals surface area contributed by atoms with E-state index in [9.17, 15) is 13.5 Å². The van der Waals surface area contributed by atoms with E-state index in [1.807, 2.05) is 0 Å². The van der Waals surface area contributed by atoms with Gasteiger partial charge in [-0.3, -0.25) is 0 Å². The Morgan fingerprint density at radius 3 is 2.21 bits per heavy atom. The SMILES string of the molecule is CN(C(C)(C)CO)S(=O)(=O)c1ccc(CCCl)cc1. The number of hydrogen-bond donors (Lipinski definition) is 1. The van der Waals surface area contributed by atoms with Crippen LogP contribution in [0.4, 0.5) is 0 Å². The standard InChI is InChI=1S/C13H20ClNO3S/c1-13(2,10-16)15(3)19(17,18)12-6-4-11(5-7-12)8-9-14/h4-7,16H,8-10H2,1-3H3. The van der Waals surface area contributed by atoms with E-state index in [0.29, 0.717) is 12.3 Å². The maximum Gasteiger partial charge on any atom is 0.243 e. The van der Waals surface area contributed by atoms with Gasteiger partial charge in [-0.2, -0.15) is 4.31 Å². The van der Waals surface area contributed by atoms with E-state index in [1.54, 1.807) is 38.1 Å². The van der Waals surface area contributed by atoms with Crippen molar-refractivity contribution < 1.29 is 13.5 Å². The summed E-state index contributed by atoms with van der Waals surface area (Å²) in [7, 11) is -2.13. The van der Waals surface area contributed by atoms with Gasteiger partial charge in [0, 0.05) is 12.9 Å². The molecule has 0 heterocycles. The van der Waals surface area contributed by atoms with Gasteiger partial charge < -0.3 is 5.11 Å². The number of nitrogens with zero attached hydrogens (tertiary/aromatic N) is 1. The highest BCUT2D eigenvalue weighted by Crippen LogP contribution is 2.22. The summed E-state index contributed by atoms with van der Waals surface area (Å²) in [6, 6.07) is 6.66. The van der Waals surface area contributed by atoms with E-state index >= 15 is 0 Å². The number of hydrogen-bond acceptors (Lipinski definition) is 3. The minimum Gasteiger partial charge on any atom is -0.394 e. The van der Waals surface area contributed by atoms with E-state index in [2.05, 4.69) is 0 Å². The minimum atomic E-state index is -3.60. The number of alkyl halides is 1. The van der Waals surface area contributed by atoms with Gasteiger partial charge in [0.25, 0.3) is 0 Å². The van der Waals surface area contributed by atoms with Gasteiger partial charge in [0.05, 0.1) is 17.0 Å². The van der Waals surface area contributed by atoms with Gasteiger partial charge in [-0.05, 0) is 38.0 Å². The molecule has 0 bridgehead atoms. The maximum absolute atomic E-state index is 12.4. The zero-order valence-electron chi connectivity index (χ0n) is 11.4. The Morgan fingerprint density at radius 1 is 1.26 bits per heavy atom. The largest absolute Gasteiger partial charge is 0.394 e. The van der Waals surface area contributed by atoms with Crippen molar-refractivity contribution in [3.63, 3.8) is 0 Å². The molecular formula is C13H20ClNO3S. The molecule has 0 spiro atoms. The summed E-state index contributed by atoms with van der Waals surface area (Å²) in [5.41, 5.74) is 0.159. The van der Waals surface area contributed by atoms with Crippen LogP contribution in [0.5, 0.6) is 0 Å². The van der Waals surface area contributed by atoms with Gasteiger partial charge in [0.15, 0.2) is 0 Å². The fraction of sp³-hybridized carbons (Fsp3) is 0.538. The van der Waals surface area contributed by atoms with E-state index < -0.39 is 15.6 Å². The van der Waals surface area contributed by atoms with Gasteiger partial charge in [0.2, 0.25) is 10.0 Å². The lowest BCUT2D eigenvalue weighted by molar-refractivity contribution is 0.138. The number of aryl methyl sites for hydroxylation is 1. The molecular weight excluding hydrogens is 286 g/mol. The molecule has 0 radical (unpaired) electrons. The van der Waals surface area contributed by atoms with Crippen LogP contribution in [0.1, 0.15) is 19.4 Å². The Kier molecular flexibility index (Phi) is 5.38. The lowest BCUT2D eigenvalue weighted by Gasteiger charge is -2.32. The summed E-state index contributed by atoms with van der Waals surface area (Å²) < 4.78 is 26.0. The second-order valence-electron chi connectivity index (χ2n) is 5.03. The van der Waals surface area contributed by atoms with Crippen LogP contribution in [-0.4, -0.2) is 42.9 Å². The molecule has 0 saturated heterocycles. The first kappa shape index (κ1) is 16.4. The van der Waals surface area contributed by atoms with Crippen molar-refractivity contribution in [3.8, 4) is 0 Å². The number of aliphatic hydroxyl groups is 1. The van der Waals surface area contributed by atoms with E-state index in [4.69, 9.17) is 11.6 Å². The summed E-state index contributed by atoms with van der Waals surface area (Å²) in [6.45, 7) is 3.10. The molecule has 0 saturated carbocycles. The van der Waals surface area contributed by atoms with Crippen molar-refractivity contribution >= 4 is 21.6 Å². The third-order valence-corrected chi connectivity index (χ3v) is 5.48. The lowest BCUT2D eigenvalue weighted by atomic mass is 10.1. The molecule has 0 aromatic heterocycles. The third-order valence-electron chi connectivity index (χ3n) is 3.20. The van der Waals surface area contributed by atoms with Crippen molar-refractivity contribution in [1.82, 2.24) is 4.31 Å². The highest BCUT2D eigenvalue weighted by Gasteiger charge is 2.33. The van der Waals surface area contributed by atoms with Gasteiger partial charge in [-0.25, -0.2) is 8.42 Å². The zero-order valence-corrected chi connectivity index (χ0v) is 13.0. The van der Waals surface area contributed by atoms with Crippen LogP contribution in [0.25, 0.3) is 0 Å². The predicted octanol–water partition coefficient (Wildman–Crippen LogP) is 1.86. The first-order valence-corrected chi connectivity index (χ1v) is 7.98. The minimum absolute atomic E-state index is 0.217. The van der Waals surface area contributed by atoms with Crippen molar-refractivity contribution in [2.45, 2.75) is 30.7 Å².